The zero-order chi connectivity index (χ0) is 23.5. The number of amides is 2. The van der Waals surface area contributed by atoms with Crippen molar-refractivity contribution < 1.29 is 37.1 Å². The first-order chi connectivity index (χ1) is 15.1. The number of furan rings is 1. The molecular formula is C21H22F3N3O5. The smallest absolute Gasteiger partial charge is 0.475 e. The summed E-state index contributed by atoms with van der Waals surface area (Å²) in [5, 5.41) is 10.0. The van der Waals surface area contributed by atoms with Gasteiger partial charge in [0.2, 0.25) is 5.91 Å². The summed E-state index contributed by atoms with van der Waals surface area (Å²) in [5.41, 5.74) is 1.21. The van der Waals surface area contributed by atoms with Gasteiger partial charge in [0.05, 0.1) is 12.8 Å². The molecule has 0 radical (unpaired) electrons. The van der Waals surface area contributed by atoms with E-state index in [4.69, 9.17) is 14.3 Å². The summed E-state index contributed by atoms with van der Waals surface area (Å²) in [6.07, 6.45) is -0.645. The number of halogens is 3. The summed E-state index contributed by atoms with van der Waals surface area (Å²) in [5.74, 6) is -2.07. The lowest BCUT2D eigenvalue weighted by molar-refractivity contribution is -0.192. The topological polar surface area (TPSA) is 113 Å². The summed E-state index contributed by atoms with van der Waals surface area (Å²) in [6, 6.07) is 8.75. The van der Waals surface area contributed by atoms with E-state index in [1.807, 2.05) is 25.1 Å². The maximum atomic E-state index is 13.0. The second-order valence-corrected chi connectivity index (χ2v) is 7.65. The van der Waals surface area contributed by atoms with Gasteiger partial charge in [0, 0.05) is 11.7 Å². The Morgan fingerprint density at radius 3 is 2.53 bits per heavy atom. The normalized spacial score (nSPS) is 21.6. The fraction of sp³-hybridized carbons (Fsp3) is 0.429. The maximum absolute atomic E-state index is 13.0. The van der Waals surface area contributed by atoms with E-state index in [1.165, 1.54) is 0 Å². The molecule has 2 amide bonds. The molecule has 11 heteroatoms. The highest BCUT2D eigenvalue weighted by Crippen LogP contribution is 2.43. The fourth-order valence-corrected chi connectivity index (χ4v) is 4.10. The molecule has 4 rings (SSSR count). The summed E-state index contributed by atoms with van der Waals surface area (Å²) in [4.78, 5) is 40.8. The van der Waals surface area contributed by atoms with Crippen LogP contribution in [0.1, 0.15) is 41.2 Å². The van der Waals surface area contributed by atoms with Crippen LogP contribution < -0.4 is 5.32 Å². The summed E-state index contributed by atoms with van der Waals surface area (Å²) in [6.45, 7) is 2.20. The Balaban J connectivity index is 0.000000360. The van der Waals surface area contributed by atoms with Gasteiger partial charge in [0.25, 0.3) is 5.91 Å². The third-order valence-corrected chi connectivity index (χ3v) is 5.46. The highest BCUT2D eigenvalue weighted by molar-refractivity contribution is 5.97. The quantitative estimate of drug-likeness (QED) is 0.736. The highest BCUT2D eigenvalue weighted by Gasteiger charge is 2.51. The van der Waals surface area contributed by atoms with Crippen LogP contribution in [-0.4, -0.2) is 51.0 Å². The van der Waals surface area contributed by atoms with Crippen LogP contribution in [0.15, 0.2) is 41.0 Å². The van der Waals surface area contributed by atoms with Crippen LogP contribution in [0, 0.1) is 12.8 Å². The van der Waals surface area contributed by atoms with Crippen LogP contribution in [-0.2, 0) is 16.1 Å². The molecule has 2 aromatic rings. The van der Waals surface area contributed by atoms with Crippen molar-refractivity contribution >= 4 is 17.8 Å². The number of carbonyl (C=O) groups is 3. The van der Waals surface area contributed by atoms with Gasteiger partial charge in [-0.2, -0.15) is 13.2 Å². The van der Waals surface area contributed by atoms with Crippen molar-refractivity contribution in [3.8, 4) is 0 Å². The Morgan fingerprint density at radius 2 is 1.94 bits per heavy atom. The largest absolute Gasteiger partial charge is 0.490 e. The lowest BCUT2D eigenvalue weighted by Gasteiger charge is -2.34. The van der Waals surface area contributed by atoms with Gasteiger partial charge in [-0.25, -0.2) is 9.78 Å². The van der Waals surface area contributed by atoms with E-state index in [0.29, 0.717) is 18.0 Å². The molecule has 1 aliphatic carbocycles. The fourth-order valence-electron chi connectivity index (χ4n) is 4.10. The van der Waals surface area contributed by atoms with E-state index in [9.17, 15) is 22.8 Å². The van der Waals surface area contributed by atoms with E-state index in [2.05, 4.69) is 10.3 Å². The second-order valence-electron chi connectivity index (χ2n) is 7.65. The third-order valence-electron chi connectivity index (χ3n) is 5.46. The summed E-state index contributed by atoms with van der Waals surface area (Å²) < 4.78 is 37.0. The molecule has 1 aliphatic heterocycles. The van der Waals surface area contributed by atoms with Crippen LogP contribution in [0.2, 0.25) is 0 Å². The number of nitrogens with one attached hydrogen (secondary N) is 1. The van der Waals surface area contributed by atoms with E-state index >= 15 is 0 Å². The number of carboxylic acids is 1. The van der Waals surface area contributed by atoms with Gasteiger partial charge in [0.15, 0.2) is 0 Å². The number of carboxylic acid groups (broad SMARTS) is 1. The minimum Gasteiger partial charge on any atom is -0.475 e. The Kier molecular flexibility index (Phi) is 6.85. The van der Waals surface area contributed by atoms with E-state index in [0.717, 1.165) is 25.0 Å². The molecule has 1 saturated heterocycles. The van der Waals surface area contributed by atoms with Crippen molar-refractivity contribution in [2.45, 2.75) is 51.0 Å². The number of nitrogens with zero attached hydrogens (tertiary/aromatic N) is 2. The number of rotatable bonds is 4. The van der Waals surface area contributed by atoms with E-state index in [1.54, 1.807) is 23.3 Å². The van der Waals surface area contributed by atoms with Crippen LogP contribution in [0.3, 0.4) is 0 Å². The molecule has 2 aromatic heterocycles. The molecule has 3 unspecified atom stereocenters. The molecule has 2 bridgehead atoms. The van der Waals surface area contributed by atoms with Gasteiger partial charge in [-0.15, -0.1) is 0 Å². The number of fused-ring (bicyclic) bond motifs is 2. The Bertz CT molecular complexity index is 977. The molecule has 2 N–H and O–H groups in total. The number of hydrogen-bond donors (Lipinski definition) is 2. The van der Waals surface area contributed by atoms with Gasteiger partial charge >= 0.3 is 12.1 Å². The molecule has 172 valence electrons. The maximum Gasteiger partial charge on any atom is 0.490 e. The van der Waals surface area contributed by atoms with Crippen LogP contribution in [0.25, 0.3) is 0 Å². The van der Waals surface area contributed by atoms with Crippen molar-refractivity contribution in [1.29, 1.82) is 0 Å². The van der Waals surface area contributed by atoms with Gasteiger partial charge in [-0.3, -0.25) is 9.59 Å². The number of aliphatic carboxylic acids is 1. The van der Waals surface area contributed by atoms with E-state index < -0.39 is 18.2 Å². The summed E-state index contributed by atoms with van der Waals surface area (Å²) in [7, 11) is 0. The lowest BCUT2D eigenvalue weighted by atomic mass is 9.97. The zero-order valence-corrected chi connectivity index (χ0v) is 17.1. The first kappa shape index (κ1) is 23.3. The Labute approximate surface area is 181 Å². The molecule has 0 aromatic carbocycles. The summed E-state index contributed by atoms with van der Waals surface area (Å²) >= 11 is 0. The molecule has 0 spiro atoms. The number of piperidine rings is 1. The number of pyridine rings is 1. The Hall–Kier alpha value is -3.37. The van der Waals surface area contributed by atoms with Gasteiger partial charge in [-0.1, -0.05) is 6.07 Å². The van der Waals surface area contributed by atoms with Crippen molar-refractivity contribution in [2.24, 2.45) is 5.92 Å². The highest BCUT2D eigenvalue weighted by atomic mass is 19.4. The average Bonchev–Trinajstić information content (AvgIpc) is 3.48. The van der Waals surface area contributed by atoms with Crippen LogP contribution >= 0.6 is 0 Å². The first-order valence-corrected chi connectivity index (χ1v) is 9.94. The van der Waals surface area contributed by atoms with Crippen molar-refractivity contribution in [2.75, 3.05) is 0 Å². The molecule has 32 heavy (non-hydrogen) atoms. The molecule has 8 nitrogen and oxygen atoms in total. The molecule has 2 fully saturated rings. The first-order valence-electron chi connectivity index (χ1n) is 9.94. The molecular weight excluding hydrogens is 431 g/mol. The standard InChI is InChI=1S/C19H21N3O3.C2HF3O2/c1-12-4-2-6-16(21-12)19(24)22-14-8-7-13(10-14)17(22)18(23)20-11-15-5-3-9-25-15;3-2(4,5)1(6)7/h2-6,9,13-14,17H,7-8,10-11H2,1H3,(H,20,23);(H,6,7). The number of likely N-dealkylation sites (tertiary alicyclic amines) is 1. The number of hydrogen-bond acceptors (Lipinski definition) is 5. The number of aromatic nitrogens is 1. The monoisotopic (exact) mass is 453 g/mol. The predicted molar refractivity (Wildman–Crippen MR) is 104 cm³/mol. The minimum atomic E-state index is -5.08. The van der Waals surface area contributed by atoms with Crippen LogP contribution in [0.5, 0.6) is 0 Å². The average molecular weight is 453 g/mol. The van der Waals surface area contributed by atoms with E-state index in [-0.39, 0.29) is 23.8 Å². The molecule has 2 aliphatic rings. The van der Waals surface area contributed by atoms with Crippen molar-refractivity contribution in [3.63, 3.8) is 0 Å². The van der Waals surface area contributed by atoms with Crippen molar-refractivity contribution in [3.05, 3.63) is 53.7 Å². The zero-order valence-electron chi connectivity index (χ0n) is 17.1. The third kappa shape index (κ3) is 5.27. The molecule has 1 saturated carbocycles. The minimum absolute atomic E-state index is 0.107. The molecule has 3 atom stereocenters. The van der Waals surface area contributed by atoms with Crippen LogP contribution in [0.4, 0.5) is 13.2 Å². The van der Waals surface area contributed by atoms with Crippen molar-refractivity contribution in [1.82, 2.24) is 15.2 Å². The van der Waals surface area contributed by atoms with Gasteiger partial charge in [0.1, 0.15) is 17.5 Å². The Morgan fingerprint density at radius 1 is 1.22 bits per heavy atom. The number of aryl methyl sites for hydroxylation is 1. The number of alkyl halides is 3. The second kappa shape index (κ2) is 9.41. The van der Waals surface area contributed by atoms with Gasteiger partial charge in [-0.05, 0) is 56.4 Å². The lowest BCUT2D eigenvalue weighted by Crippen LogP contribution is -2.52. The SMILES string of the molecule is Cc1cccc(C(=O)N2C3CCC(C3)C2C(=O)NCc2ccco2)n1.O=C(O)C(F)(F)F. The van der Waals surface area contributed by atoms with Gasteiger partial charge < -0.3 is 19.7 Å². The predicted octanol–water partition coefficient (Wildman–Crippen LogP) is 2.93. The molecule has 3 heterocycles. The number of carbonyl (C=O) groups excluding carboxylic acids is 2.